The third-order valence-corrected chi connectivity index (χ3v) is 5.71. The number of halogens is 1. The van der Waals surface area contributed by atoms with Gasteiger partial charge < -0.3 is 10.2 Å². The van der Waals surface area contributed by atoms with Gasteiger partial charge >= 0.3 is 16.1 Å². The Morgan fingerprint density at radius 2 is 1.79 bits per heavy atom. The van der Waals surface area contributed by atoms with Gasteiger partial charge in [-0.3, -0.25) is 0 Å². The molecule has 3 rings (SSSR count). The maximum absolute atomic E-state index is 14.4. The van der Waals surface area contributed by atoms with E-state index in [9.17, 15) is 17.6 Å². The number of nitrogens with one attached hydrogen (secondary N) is 2. The highest BCUT2D eigenvalue weighted by atomic mass is 32.2. The Morgan fingerprint density at radius 3 is 2.39 bits per heavy atom. The molecule has 0 atom stereocenters. The van der Waals surface area contributed by atoms with Gasteiger partial charge in [-0.15, -0.1) is 4.98 Å². The Bertz CT molecular complexity index is 1360. The molecule has 3 aromatic rings. The fourth-order valence-corrected chi connectivity index (χ4v) is 4.13. The number of carbonyl (C=O) groups excluding carboxylic acids is 1. The number of hydrogen-bond donors (Lipinski definition) is 2. The molecule has 33 heavy (non-hydrogen) atoms. The number of rotatable bonds is 5. The maximum Gasteiger partial charge on any atom is 0.333 e. The van der Waals surface area contributed by atoms with Crippen molar-refractivity contribution in [1.29, 1.82) is 0 Å². The Morgan fingerprint density at radius 1 is 1.12 bits per heavy atom. The van der Waals surface area contributed by atoms with Gasteiger partial charge in [0.25, 0.3) is 11.0 Å². The maximum atomic E-state index is 14.4. The lowest BCUT2D eigenvalue weighted by molar-refractivity contribution is 0.256. The summed E-state index contributed by atoms with van der Waals surface area (Å²) in [6, 6.07) is 6.03. The number of pyridine rings is 1. The molecular formula is C22H21FN6O3S. The fraction of sp³-hybridized carbons (Fsp3) is 0.227. The predicted molar refractivity (Wildman–Crippen MR) is 121 cm³/mol. The largest absolute Gasteiger partial charge is 0.361 e. The number of aryl methyl sites for hydroxylation is 2. The van der Waals surface area contributed by atoms with E-state index in [-0.39, 0.29) is 23.0 Å². The highest BCUT2D eigenvalue weighted by Crippen LogP contribution is 2.36. The van der Waals surface area contributed by atoms with E-state index in [2.05, 4.69) is 25.1 Å². The van der Waals surface area contributed by atoms with Crippen LogP contribution in [0.25, 0.3) is 16.0 Å². The van der Waals surface area contributed by atoms with Gasteiger partial charge in [-0.2, -0.15) is 8.42 Å². The van der Waals surface area contributed by atoms with E-state index in [0.29, 0.717) is 22.5 Å². The number of aromatic nitrogens is 3. The number of hydrogen-bond acceptors (Lipinski definition) is 6. The minimum absolute atomic E-state index is 0.0906. The van der Waals surface area contributed by atoms with Crippen molar-refractivity contribution in [3.63, 3.8) is 0 Å². The Balaban J connectivity index is 2.03. The van der Waals surface area contributed by atoms with E-state index < -0.39 is 27.0 Å². The lowest BCUT2D eigenvalue weighted by atomic mass is 9.94. The van der Waals surface area contributed by atoms with E-state index in [1.807, 2.05) is 4.72 Å². The molecule has 1 aromatic carbocycles. The van der Waals surface area contributed by atoms with E-state index in [1.54, 1.807) is 39.8 Å². The molecule has 0 saturated carbocycles. The number of nitrogens with zero attached hydrogens (tertiary/aromatic N) is 4. The summed E-state index contributed by atoms with van der Waals surface area (Å²) in [5, 5.41) is 2.00. The molecule has 2 amide bonds. The molecule has 2 aromatic heterocycles. The van der Waals surface area contributed by atoms with Crippen LogP contribution >= 0.6 is 0 Å². The summed E-state index contributed by atoms with van der Waals surface area (Å²) in [6.45, 7) is 14.0. The van der Waals surface area contributed by atoms with Gasteiger partial charge in [-0.25, -0.2) is 23.9 Å². The molecule has 0 aliphatic carbocycles. The summed E-state index contributed by atoms with van der Waals surface area (Å²) in [4.78, 5) is 27.7. The highest BCUT2D eigenvalue weighted by molar-refractivity contribution is 7.89. The molecule has 170 valence electrons. The van der Waals surface area contributed by atoms with Crippen molar-refractivity contribution in [2.75, 3.05) is 5.32 Å². The molecule has 0 aliphatic heterocycles. The third kappa shape index (κ3) is 5.48. The first kappa shape index (κ1) is 23.7. The SMILES string of the molecule is [C-]#[N+]c1cc(-c2cc(F)cc(C(C)C)c2NC(=O)NS(=O)(=O)c2nc(C)cc(C)n2)ccn1. The van der Waals surface area contributed by atoms with Gasteiger partial charge in [0.1, 0.15) is 12.0 Å². The van der Waals surface area contributed by atoms with Crippen LogP contribution in [-0.2, 0) is 10.0 Å². The molecule has 11 heteroatoms. The average molecular weight is 469 g/mol. The number of amides is 2. The topological polar surface area (TPSA) is 118 Å². The first-order valence-corrected chi connectivity index (χ1v) is 11.3. The highest BCUT2D eigenvalue weighted by Gasteiger charge is 2.24. The number of urea groups is 1. The molecular weight excluding hydrogens is 447 g/mol. The molecule has 0 bridgehead atoms. The summed E-state index contributed by atoms with van der Waals surface area (Å²) >= 11 is 0. The molecule has 0 aliphatic rings. The lowest BCUT2D eigenvalue weighted by Gasteiger charge is -2.19. The molecule has 2 heterocycles. The summed E-state index contributed by atoms with van der Waals surface area (Å²) in [5.41, 5.74) is 2.23. The zero-order valence-corrected chi connectivity index (χ0v) is 19.2. The van der Waals surface area contributed by atoms with E-state index in [0.717, 1.165) is 0 Å². The molecule has 0 spiro atoms. The number of carbonyl (C=O) groups is 1. The van der Waals surface area contributed by atoms with Crippen LogP contribution in [0.2, 0.25) is 0 Å². The third-order valence-electron chi connectivity index (χ3n) is 4.59. The van der Waals surface area contributed by atoms with Crippen molar-refractivity contribution in [1.82, 2.24) is 19.7 Å². The number of benzene rings is 1. The van der Waals surface area contributed by atoms with Crippen LogP contribution < -0.4 is 10.0 Å². The second kappa shape index (κ2) is 9.30. The van der Waals surface area contributed by atoms with Crippen LogP contribution in [0.3, 0.4) is 0 Å². The summed E-state index contributed by atoms with van der Waals surface area (Å²) in [7, 11) is -4.36. The molecule has 2 N–H and O–H groups in total. The van der Waals surface area contributed by atoms with Gasteiger partial charge in [0.15, 0.2) is 0 Å². The van der Waals surface area contributed by atoms with Crippen molar-refractivity contribution in [3.8, 4) is 11.1 Å². The van der Waals surface area contributed by atoms with Crippen molar-refractivity contribution < 1.29 is 17.6 Å². The van der Waals surface area contributed by atoms with Crippen LogP contribution in [0.5, 0.6) is 0 Å². The lowest BCUT2D eigenvalue weighted by Crippen LogP contribution is -2.36. The van der Waals surface area contributed by atoms with Crippen LogP contribution in [-0.4, -0.2) is 29.4 Å². The van der Waals surface area contributed by atoms with Crippen molar-refractivity contribution in [3.05, 3.63) is 70.7 Å². The van der Waals surface area contributed by atoms with Crippen LogP contribution in [0.1, 0.15) is 36.7 Å². The Kier molecular flexibility index (Phi) is 6.69. The first-order chi connectivity index (χ1) is 15.5. The van der Waals surface area contributed by atoms with Gasteiger partial charge in [-0.1, -0.05) is 20.4 Å². The van der Waals surface area contributed by atoms with Crippen LogP contribution in [0.15, 0.2) is 41.7 Å². The number of sulfonamides is 1. The van der Waals surface area contributed by atoms with Gasteiger partial charge in [0, 0.05) is 17.0 Å². The summed E-state index contributed by atoms with van der Waals surface area (Å²) in [6.07, 6.45) is 1.40. The zero-order valence-electron chi connectivity index (χ0n) is 18.3. The summed E-state index contributed by atoms with van der Waals surface area (Å²) in [5.74, 6) is -0.666. The first-order valence-electron chi connectivity index (χ1n) is 9.83. The molecule has 0 fully saturated rings. The zero-order chi connectivity index (χ0) is 24.3. The Labute approximate surface area is 191 Å². The minimum atomic E-state index is -4.36. The minimum Gasteiger partial charge on any atom is -0.361 e. The van der Waals surface area contributed by atoms with Crippen molar-refractivity contribution in [2.45, 2.75) is 38.8 Å². The second-order valence-electron chi connectivity index (χ2n) is 7.58. The predicted octanol–water partition coefficient (Wildman–Crippen LogP) is 4.48. The molecule has 0 unspecified atom stereocenters. The van der Waals surface area contributed by atoms with E-state index >= 15 is 0 Å². The molecule has 0 radical (unpaired) electrons. The quantitative estimate of drug-likeness (QED) is 0.421. The van der Waals surface area contributed by atoms with E-state index in [4.69, 9.17) is 6.57 Å². The van der Waals surface area contributed by atoms with Gasteiger partial charge in [0.05, 0.1) is 5.69 Å². The van der Waals surface area contributed by atoms with Gasteiger partial charge in [-0.05, 0) is 61.2 Å². The standard InChI is InChI=1S/C22H21FN6O3S/c1-12(2)17-10-16(23)11-18(15-6-7-25-19(9-15)24-5)20(17)28-21(30)29-33(31,32)22-26-13(3)8-14(4)27-22/h6-12H,1-4H3,(H2,28,29,30). The molecule has 9 nitrogen and oxygen atoms in total. The Hall–Kier alpha value is -3.91. The van der Waals surface area contributed by atoms with Crippen LogP contribution in [0.4, 0.5) is 20.7 Å². The average Bonchev–Trinajstić information content (AvgIpc) is 2.73. The molecule has 0 saturated heterocycles. The fourth-order valence-electron chi connectivity index (χ4n) is 3.22. The van der Waals surface area contributed by atoms with Crippen LogP contribution in [0, 0.1) is 26.2 Å². The van der Waals surface area contributed by atoms with Crippen molar-refractivity contribution >= 4 is 27.6 Å². The number of anilines is 1. The smallest absolute Gasteiger partial charge is 0.333 e. The monoisotopic (exact) mass is 468 g/mol. The summed E-state index contributed by atoms with van der Waals surface area (Å²) < 4.78 is 41.6. The normalized spacial score (nSPS) is 11.2. The van der Waals surface area contributed by atoms with Crippen molar-refractivity contribution in [2.24, 2.45) is 0 Å². The van der Waals surface area contributed by atoms with Gasteiger partial charge in [0.2, 0.25) is 0 Å². The second-order valence-corrected chi connectivity index (χ2v) is 9.16. The van der Waals surface area contributed by atoms with E-state index in [1.165, 1.54) is 24.4 Å².